The smallest absolute Gasteiger partial charge is 0.295 e. The SMILES string of the molecule is CCCOc1ccc(C2C(=C(O)c3ccc4c(c3)OCO4)C(=O)C(=O)N2CCCN(C)C)cc1. The normalized spacial score (nSPS) is 18.7. The first-order valence-corrected chi connectivity index (χ1v) is 11.5. The van der Waals surface area contributed by atoms with E-state index in [1.54, 1.807) is 23.1 Å². The molecule has 34 heavy (non-hydrogen) atoms. The van der Waals surface area contributed by atoms with Gasteiger partial charge in [0.1, 0.15) is 11.5 Å². The molecule has 2 aliphatic heterocycles. The topological polar surface area (TPSA) is 88.5 Å². The van der Waals surface area contributed by atoms with E-state index >= 15 is 0 Å². The largest absolute Gasteiger partial charge is 0.507 e. The van der Waals surface area contributed by atoms with Crippen molar-refractivity contribution in [2.75, 3.05) is 40.6 Å². The van der Waals surface area contributed by atoms with E-state index < -0.39 is 17.7 Å². The van der Waals surface area contributed by atoms with Gasteiger partial charge in [-0.25, -0.2) is 0 Å². The Hall–Kier alpha value is -3.52. The van der Waals surface area contributed by atoms with E-state index in [0.717, 1.165) is 18.5 Å². The number of ether oxygens (including phenoxy) is 3. The van der Waals surface area contributed by atoms with Crippen molar-refractivity contribution in [1.82, 2.24) is 9.80 Å². The predicted molar refractivity (Wildman–Crippen MR) is 127 cm³/mol. The van der Waals surface area contributed by atoms with E-state index in [2.05, 4.69) is 0 Å². The van der Waals surface area contributed by atoms with E-state index in [-0.39, 0.29) is 18.1 Å². The lowest BCUT2D eigenvalue weighted by atomic mass is 9.95. The van der Waals surface area contributed by atoms with Crippen LogP contribution >= 0.6 is 0 Å². The molecule has 2 aliphatic rings. The summed E-state index contributed by atoms with van der Waals surface area (Å²) >= 11 is 0. The number of benzene rings is 2. The Bertz CT molecular complexity index is 1090. The third-order valence-electron chi connectivity index (χ3n) is 5.86. The molecule has 0 bridgehead atoms. The highest BCUT2D eigenvalue weighted by molar-refractivity contribution is 6.46. The number of Topliss-reactive ketones (excluding diaryl/α,β-unsaturated/α-hetero) is 1. The molecule has 8 nitrogen and oxygen atoms in total. The number of aliphatic hydroxyl groups is 1. The average molecular weight is 467 g/mol. The molecule has 180 valence electrons. The average Bonchev–Trinajstić information content (AvgIpc) is 3.40. The van der Waals surface area contributed by atoms with Crippen LogP contribution in [0.2, 0.25) is 0 Å². The van der Waals surface area contributed by atoms with Crippen LogP contribution in [0.4, 0.5) is 0 Å². The number of hydrogen-bond donors (Lipinski definition) is 1. The maximum atomic E-state index is 13.2. The summed E-state index contributed by atoms with van der Waals surface area (Å²) in [4.78, 5) is 29.8. The lowest BCUT2D eigenvalue weighted by Crippen LogP contribution is -2.32. The van der Waals surface area contributed by atoms with Crippen LogP contribution in [-0.2, 0) is 9.59 Å². The van der Waals surface area contributed by atoms with E-state index in [4.69, 9.17) is 14.2 Å². The highest BCUT2D eigenvalue weighted by Gasteiger charge is 2.45. The molecule has 0 radical (unpaired) electrons. The van der Waals surface area contributed by atoms with Gasteiger partial charge in [0.05, 0.1) is 18.2 Å². The molecule has 4 rings (SSSR count). The Balaban J connectivity index is 1.74. The summed E-state index contributed by atoms with van der Waals surface area (Å²) in [6, 6.07) is 11.6. The second kappa shape index (κ2) is 10.2. The third-order valence-corrected chi connectivity index (χ3v) is 5.86. The van der Waals surface area contributed by atoms with Gasteiger partial charge in [0.2, 0.25) is 6.79 Å². The summed E-state index contributed by atoms with van der Waals surface area (Å²) in [5.74, 6) is 0.223. The van der Waals surface area contributed by atoms with Crippen LogP contribution in [0.25, 0.3) is 5.76 Å². The summed E-state index contributed by atoms with van der Waals surface area (Å²) in [5.41, 5.74) is 1.19. The molecule has 1 saturated heterocycles. The second-order valence-corrected chi connectivity index (χ2v) is 8.63. The predicted octanol–water partition coefficient (Wildman–Crippen LogP) is 3.58. The van der Waals surface area contributed by atoms with Crippen molar-refractivity contribution in [2.24, 2.45) is 0 Å². The molecule has 1 atom stereocenters. The number of likely N-dealkylation sites (tertiary alicyclic amines) is 1. The Morgan fingerprint density at radius 1 is 1.12 bits per heavy atom. The van der Waals surface area contributed by atoms with Crippen LogP contribution in [0.15, 0.2) is 48.0 Å². The van der Waals surface area contributed by atoms with Gasteiger partial charge in [-0.15, -0.1) is 0 Å². The minimum Gasteiger partial charge on any atom is -0.507 e. The molecule has 2 aromatic rings. The summed E-state index contributed by atoms with van der Waals surface area (Å²) < 4.78 is 16.4. The van der Waals surface area contributed by atoms with Crippen LogP contribution in [0.5, 0.6) is 17.2 Å². The fourth-order valence-corrected chi connectivity index (χ4v) is 4.18. The standard InChI is InChI=1S/C26H30N2O6/c1-4-14-32-19-9-6-17(7-10-19)23-22(25(30)26(31)28(23)13-5-12-27(2)3)24(29)18-8-11-20-21(15-18)34-16-33-20/h6-11,15,23,29H,4-5,12-14,16H2,1-3H3. The number of fused-ring (bicyclic) bond motifs is 1. The molecule has 1 N–H and O–H groups in total. The Morgan fingerprint density at radius 3 is 2.56 bits per heavy atom. The highest BCUT2D eigenvalue weighted by Crippen LogP contribution is 2.41. The minimum absolute atomic E-state index is 0.0657. The number of carbonyl (C=O) groups is 2. The summed E-state index contributed by atoms with van der Waals surface area (Å²) in [6.45, 7) is 3.89. The number of hydrogen-bond acceptors (Lipinski definition) is 7. The summed E-state index contributed by atoms with van der Waals surface area (Å²) in [7, 11) is 3.92. The number of amides is 1. The molecular weight excluding hydrogens is 436 g/mol. The van der Waals surface area contributed by atoms with Crippen LogP contribution in [-0.4, -0.2) is 67.2 Å². The zero-order valence-corrected chi connectivity index (χ0v) is 19.7. The van der Waals surface area contributed by atoms with Gasteiger partial charge in [-0.05, 0) is 69.4 Å². The van der Waals surface area contributed by atoms with Crippen molar-refractivity contribution < 1.29 is 28.9 Å². The van der Waals surface area contributed by atoms with Crippen LogP contribution in [0.3, 0.4) is 0 Å². The zero-order valence-electron chi connectivity index (χ0n) is 19.7. The van der Waals surface area contributed by atoms with Gasteiger partial charge in [-0.3, -0.25) is 9.59 Å². The zero-order chi connectivity index (χ0) is 24.2. The quantitative estimate of drug-likeness (QED) is 0.343. The monoisotopic (exact) mass is 466 g/mol. The van der Waals surface area contributed by atoms with Crippen LogP contribution in [0.1, 0.15) is 36.9 Å². The maximum Gasteiger partial charge on any atom is 0.295 e. The molecule has 8 heteroatoms. The fourth-order valence-electron chi connectivity index (χ4n) is 4.18. The Morgan fingerprint density at radius 2 is 1.85 bits per heavy atom. The van der Waals surface area contributed by atoms with Gasteiger partial charge in [-0.1, -0.05) is 19.1 Å². The molecular formula is C26H30N2O6. The molecule has 2 aromatic carbocycles. The molecule has 1 fully saturated rings. The van der Waals surface area contributed by atoms with Crippen molar-refractivity contribution in [3.63, 3.8) is 0 Å². The van der Waals surface area contributed by atoms with Gasteiger partial charge in [-0.2, -0.15) is 0 Å². The van der Waals surface area contributed by atoms with Gasteiger partial charge in [0.15, 0.2) is 11.5 Å². The Kier molecular flexibility index (Phi) is 7.07. The second-order valence-electron chi connectivity index (χ2n) is 8.63. The van der Waals surface area contributed by atoms with E-state index in [1.165, 1.54) is 0 Å². The number of ketones is 1. The lowest BCUT2D eigenvalue weighted by molar-refractivity contribution is -0.139. The van der Waals surface area contributed by atoms with Crippen LogP contribution < -0.4 is 14.2 Å². The van der Waals surface area contributed by atoms with Gasteiger partial charge in [0.25, 0.3) is 11.7 Å². The number of nitrogens with zero attached hydrogens (tertiary/aromatic N) is 2. The molecule has 0 aromatic heterocycles. The van der Waals surface area contributed by atoms with Crippen molar-refractivity contribution in [3.05, 3.63) is 59.2 Å². The van der Waals surface area contributed by atoms with Crippen LogP contribution in [0, 0.1) is 0 Å². The summed E-state index contributed by atoms with van der Waals surface area (Å²) in [6.07, 6.45) is 1.58. The number of rotatable bonds is 9. The number of aliphatic hydroxyl groups excluding tert-OH is 1. The molecule has 2 heterocycles. The van der Waals surface area contributed by atoms with Crippen molar-refractivity contribution in [1.29, 1.82) is 0 Å². The molecule has 0 spiro atoms. The van der Waals surface area contributed by atoms with E-state index in [9.17, 15) is 14.7 Å². The van der Waals surface area contributed by atoms with Gasteiger partial charge < -0.3 is 29.1 Å². The van der Waals surface area contributed by atoms with E-state index in [1.807, 2.05) is 50.2 Å². The Labute approximate surface area is 199 Å². The highest BCUT2D eigenvalue weighted by atomic mass is 16.7. The van der Waals surface area contributed by atoms with Crippen molar-refractivity contribution in [3.8, 4) is 17.2 Å². The number of carbonyl (C=O) groups excluding carboxylic acids is 2. The summed E-state index contributed by atoms with van der Waals surface area (Å²) in [5, 5.41) is 11.2. The first kappa shape index (κ1) is 23.6. The molecule has 1 unspecified atom stereocenters. The molecule has 0 saturated carbocycles. The third kappa shape index (κ3) is 4.72. The first-order chi connectivity index (χ1) is 16.4. The first-order valence-electron chi connectivity index (χ1n) is 11.5. The lowest BCUT2D eigenvalue weighted by Gasteiger charge is -2.26. The van der Waals surface area contributed by atoms with Crippen molar-refractivity contribution >= 4 is 17.4 Å². The van der Waals surface area contributed by atoms with E-state index in [0.29, 0.717) is 42.4 Å². The molecule has 0 aliphatic carbocycles. The van der Waals surface area contributed by atoms with Gasteiger partial charge in [0, 0.05) is 12.1 Å². The van der Waals surface area contributed by atoms with Gasteiger partial charge >= 0.3 is 0 Å². The maximum absolute atomic E-state index is 13.2. The fraction of sp³-hybridized carbons (Fsp3) is 0.385. The van der Waals surface area contributed by atoms with Crippen molar-refractivity contribution in [2.45, 2.75) is 25.8 Å². The molecule has 1 amide bonds. The minimum atomic E-state index is -0.701.